The number of ether oxygens (including phenoxy) is 1. The molecule has 1 spiro atoms. The predicted octanol–water partition coefficient (Wildman–Crippen LogP) is 2.70. The van der Waals surface area contributed by atoms with Gasteiger partial charge < -0.3 is 15.8 Å². The van der Waals surface area contributed by atoms with Crippen LogP contribution in [0.3, 0.4) is 0 Å². The molecule has 5 heteroatoms. The molecule has 1 saturated heterocycles. The summed E-state index contributed by atoms with van der Waals surface area (Å²) in [6, 6.07) is 2.34. The van der Waals surface area contributed by atoms with Gasteiger partial charge in [-0.05, 0) is 25.2 Å². The lowest BCUT2D eigenvalue weighted by Gasteiger charge is -2.21. The molecule has 0 unspecified atom stereocenters. The van der Waals surface area contributed by atoms with Crippen LogP contribution in [-0.4, -0.2) is 28.2 Å². The minimum Gasteiger partial charge on any atom is -0.373 e. The van der Waals surface area contributed by atoms with E-state index in [1.54, 1.807) is 0 Å². The number of nitrogen functional groups attached to an aromatic ring is 1. The zero-order chi connectivity index (χ0) is 14.2. The summed E-state index contributed by atoms with van der Waals surface area (Å²) in [5.74, 6) is 1.51. The predicted molar refractivity (Wildman–Crippen MR) is 79.7 cm³/mol. The van der Waals surface area contributed by atoms with Crippen molar-refractivity contribution < 1.29 is 4.74 Å². The molecule has 3 N–H and O–H groups in total. The molecule has 1 saturated carbocycles. The number of hydrogen-bond donors (Lipinski definition) is 2. The Labute approximate surface area is 120 Å². The van der Waals surface area contributed by atoms with Gasteiger partial charge >= 0.3 is 0 Å². The lowest BCUT2D eigenvalue weighted by molar-refractivity contribution is 0.0103. The van der Waals surface area contributed by atoms with Crippen LogP contribution in [0.1, 0.15) is 57.6 Å². The molecular weight excluding hydrogens is 252 g/mol. The minimum atomic E-state index is 0.136. The number of hydrogen-bond acceptors (Lipinski definition) is 5. The van der Waals surface area contributed by atoms with Gasteiger partial charge in [0.25, 0.3) is 0 Å². The van der Waals surface area contributed by atoms with Crippen molar-refractivity contribution >= 4 is 11.8 Å². The van der Waals surface area contributed by atoms with Gasteiger partial charge in [0.15, 0.2) is 0 Å². The molecule has 1 aliphatic carbocycles. The van der Waals surface area contributed by atoms with Crippen molar-refractivity contribution in [2.75, 3.05) is 17.7 Å². The van der Waals surface area contributed by atoms with E-state index in [0.29, 0.717) is 17.9 Å². The average molecular weight is 276 g/mol. The molecule has 5 nitrogen and oxygen atoms in total. The zero-order valence-electron chi connectivity index (χ0n) is 12.4. The van der Waals surface area contributed by atoms with E-state index in [2.05, 4.69) is 29.1 Å². The highest BCUT2D eigenvalue weighted by molar-refractivity contribution is 5.42. The smallest absolute Gasteiger partial charge is 0.222 e. The van der Waals surface area contributed by atoms with Gasteiger partial charge in [-0.2, -0.15) is 4.98 Å². The average Bonchev–Trinajstić information content (AvgIpc) is 3.00. The molecule has 1 aromatic rings. The Morgan fingerprint density at radius 1 is 1.35 bits per heavy atom. The van der Waals surface area contributed by atoms with Gasteiger partial charge in [-0.15, -0.1) is 0 Å². The van der Waals surface area contributed by atoms with Crippen molar-refractivity contribution in [2.24, 2.45) is 0 Å². The zero-order valence-corrected chi connectivity index (χ0v) is 12.4. The summed E-state index contributed by atoms with van der Waals surface area (Å²) in [5, 5.41) is 3.47. The molecule has 20 heavy (non-hydrogen) atoms. The second-order valence-corrected chi connectivity index (χ2v) is 6.44. The van der Waals surface area contributed by atoms with Gasteiger partial charge in [-0.1, -0.05) is 26.7 Å². The lowest BCUT2D eigenvalue weighted by Crippen LogP contribution is -2.25. The molecule has 2 heterocycles. The number of nitrogens with two attached hydrogens (primary N) is 1. The number of aromatic nitrogens is 2. The molecule has 0 amide bonds. The quantitative estimate of drug-likeness (QED) is 0.888. The first kappa shape index (κ1) is 13.6. The fourth-order valence-electron chi connectivity index (χ4n) is 3.37. The number of anilines is 2. The second kappa shape index (κ2) is 5.20. The summed E-state index contributed by atoms with van der Waals surface area (Å²) in [6.07, 6.45) is 6.08. The molecule has 2 aliphatic rings. The van der Waals surface area contributed by atoms with Crippen LogP contribution in [0.25, 0.3) is 0 Å². The van der Waals surface area contributed by atoms with E-state index in [0.717, 1.165) is 24.5 Å². The molecule has 0 radical (unpaired) electrons. The Hall–Kier alpha value is -1.36. The fourth-order valence-corrected chi connectivity index (χ4v) is 3.37. The Bertz CT molecular complexity index is 483. The van der Waals surface area contributed by atoms with Gasteiger partial charge in [-0.25, -0.2) is 4.98 Å². The van der Waals surface area contributed by atoms with Crippen LogP contribution in [0.5, 0.6) is 0 Å². The monoisotopic (exact) mass is 276 g/mol. The van der Waals surface area contributed by atoms with Crippen molar-refractivity contribution in [3.8, 4) is 0 Å². The minimum absolute atomic E-state index is 0.136. The molecule has 0 aromatic carbocycles. The summed E-state index contributed by atoms with van der Waals surface area (Å²) in [5.41, 5.74) is 6.91. The maximum atomic E-state index is 6.06. The van der Waals surface area contributed by atoms with Crippen LogP contribution in [0.15, 0.2) is 6.07 Å². The lowest BCUT2D eigenvalue weighted by atomic mass is 9.96. The van der Waals surface area contributed by atoms with Gasteiger partial charge in [0.2, 0.25) is 5.95 Å². The Kier molecular flexibility index (Phi) is 3.54. The van der Waals surface area contributed by atoms with Crippen molar-refractivity contribution in [3.05, 3.63) is 11.8 Å². The third-order valence-electron chi connectivity index (χ3n) is 4.43. The van der Waals surface area contributed by atoms with Gasteiger partial charge in [0.05, 0.1) is 23.9 Å². The third-order valence-corrected chi connectivity index (χ3v) is 4.43. The van der Waals surface area contributed by atoms with Gasteiger partial charge in [-0.3, -0.25) is 0 Å². The summed E-state index contributed by atoms with van der Waals surface area (Å²) < 4.78 is 6.06. The van der Waals surface area contributed by atoms with E-state index in [-0.39, 0.29) is 5.60 Å². The summed E-state index contributed by atoms with van der Waals surface area (Å²) in [7, 11) is 0. The van der Waals surface area contributed by atoms with Crippen molar-refractivity contribution in [3.63, 3.8) is 0 Å². The summed E-state index contributed by atoms with van der Waals surface area (Å²) in [6.45, 7) is 4.98. The topological polar surface area (TPSA) is 73.1 Å². The van der Waals surface area contributed by atoms with E-state index in [1.807, 2.05) is 6.07 Å². The second-order valence-electron chi connectivity index (χ2n) is 6.44. The van der Waals surface area contributed by atoms with E-state index in [9.17, 15) is 0 Å². The molecule has 1 aromatic heterocycles. The van der Waals surface area contributed by atoms with Gasteiger partial charge in [0, 0.05) is 6.07 Å². The molecule has 0 bridgehead atoms. The van der Waals surface area contributed by atoms with E-state index in [1.165, 1.54) is 25.7 Å². The molecule has 2 fully saturated rings. The molecule has 3 rings (SSSR count). The standard InChI is InChI=1S/C15H24N4O/c1-10(2)12-7-13(19-14(16)18-12)17-11-8-15(20-9-11)5-3-4-6-15/h7,10-11H,3-6,8-9H2,1-2H3,(H3,16,17,18,19)/t11-/m0/s1. The van der Waals surface area contributed by atoms with Crippen LogP contribution in [0.4, 0.5) is 11.8 Å². The number of nitrogens with one attached hydrogen (secondary N) is 1. The summed E-state index contributed by atoms with van der Waals surface area (Å²) >= 11 is 0. The van der Waals surface area contributed by atoms with E-state index < -0.39 is 0 Å². The molecule has 110 valence electrons. The van der Waals surface area contributed by atoms with Crippen LogP contribution >= 0.6 is 0 Å². The Morgan fingerprint density at radius 2 is 2.10 bits per heavy atom. The van der Waals surface area contributed by atoms with E-state index >= 15 is 0 Å². The van der Waals surface area contributed by atoms with Crippen molar-refractivity contribution in [1.29, 1.82) is 0 Å². The maximum Gasteiger partial charge on any atom is 0.222 e. The van der Waals surface area contributed by atoms with Crippen LogP contribution in [0.2, 0.25) is 0 Å². The first-order valence-electron chi connectivity index (χ1n) is 7.61. The SMILES string of the molecule is CC(C)c1cc(N[C@@H]2COC3(CCCC3)C2)nc(N)n1. The summed E-state index contributed by atoms with van der Waals surface area (Å²) in [4.78, 5) is 8.57. The number of rotatable bonds is 3. The number of nitrogens with zero attached hydrogens (tertiary/aromatic N) is 2. The molecular formula is C15H24N4O. The highest BCUT2D eigenvalue weighted by atomic mass is 16.5. The van der Waals surface area contributed by atoms with Crippen LogP contribution in [-0.2, 0) is 4.74 Å². The Morgan fingerprint density at radius 3 is 2.80 bits per heavy atom. The normalized spacial score (nSPS) is 24.6. The first-order chi connectivity index (χ1) is 9.56. The first-order valence-corrected chi connectivity index (χ1v) is 7.61. The Balaban J connectivity index is 1.69. The molecule has 1 atom stereocenters. The van der Waals surface area contributed by atoms with E-state index in [4.69, 9.17) is 10.5 Å². The van der Waals surface area contributed by atoms with Crippen molar-refractivity contribution in [1.82, 2.24) is 9.97 Å². The highest BCUT2D eigenvalue weighted by Crippen LogP contribution is 2.41. The maximum absolute atomic E-state index is 6.06. The highest BCUT2D eigenvalue weighted by Gasteiger charge is 2.42. The van der Waals surface area contributed by atoms with Crippen LogP contribution in [0, 0.1) is 0 Å². The van der Waals surface area contributed by atoms with Crippen LogP contribution < -0.4 is 11.1 Å². The largest absolute Gasteiger partial charge is 0.373 e. The van der Waals surface area contributed by atoms with Crippen molar-refractivity contribution in [2.45, 2.75) is 63.5 Å². The molecule has 1 aliphatic heterocycles. The van der Waals surface area contributed by atoms with Gasteiger partial charge in [0.1, 0.15) is 5.82 Å². The third kappa shape index (κ3) is 2.73. The fraction of sp³-hybridized carbons (Fsp3) is 0.733.